The maximum atomic E-state index is 11.2. The minimum absolute atomic E-state index is 0.355. The molecule has 1 aliphatic rings. The van der Waals surface area contributed by atoms with E-state index in [1.54, 1.807) is 84.7 Å². The second-order valence-electron chi connectivity index (χ2n) is 11.4. The first-order valence-electron chi connectivity index (χ1n) is 14.1. The maximum absolute atomic E-state index is 11.2. The van der Waals surface area contributed by atoms with Crippen molar-refractivity contribution in [3.05, 3.63) is 0 Å². The van der Waals surface area contributed by atoms with Crippen molar-refractivity contribution >= 4 is 61.6 Å². The highest BCUT2D eigenvalue weighted by Gasteiger charge is 2.24. The van der Waals surface area contributed by atoms with Gasteiger partial charge < -0.3 is 46.2 Å². The molecule has 43 heavy (non-hydrogen) atoms. The third-order valence-corrected chi connectivity index (χ3v) is 8.31. The molecular formula is C27H58N4O8S4. The molecule has 1 rings (SSSR count). The molecule has 0 unspecified atom stereocenters. The minimum atomic E-state index is -1.06. The molecule has 12 nitrogen and oxygen atoms in total. The Morgan fingerprint density at radius 2 is 0.977 bits per heavy atom. The Morgan fingerprint density at radius 3 is 1.26 bits per heavy atom. The molecule has 0 aromatic rings. The quantitative estimate of drug-likeness (QED) is 0.0667. The van der Waals surface area contributed by atoms with Gasteiger partial charge in [0.15, 0.2) is 0 Å². The maximum Gasteiger partial charge on any atom is 0.519 e. The molecule has 0 aromatic heterocycles. The number of hydrogen-bond acceptors (Lipinski definition) is 15. The van der Waals surface area contributed by atoms with Crippen LogP contribution in [0.25, 0.3) is 0 Å². The number of alkyl carbamates (subject to hydrolysis) is 1. The fourth-order valence-electron chi connectivity index (χ4n) is 2.01. The highest BCUT2D eigenvalue weighted by Crippen LogP contribution is 2.19. The normalized spacial score (nSPS) is 12.7. The van der Waals surface area contributed by atoms with Gasteiger partial charge in [-0.3, -0.25) is 0 Å². The standard InChI is InChI=1S/C10H18O5.C9H20N2O2S2.C4H12N2S2.C4H8O/c1-9(2,3)14-7(11)13-8(12)15-10(4,5)6;1-9(2,3)13-8(12)11-5-7-15-14-6-4-10;5-1-3-7-8-4-2-6;1-2-4-5-3-1/h1-6H3;4-7,10H2,1-3H3,(H,11,12);1-6H2;1-4H2. The second kappa shape index (κ2) is 28.7. The number of carbonyl (C=O) groups is 3. The molecule has 0 atom stereocenters. The molecular weight excluding hydrogens is 637 g/mol. The van der Waals surface area contributed by atoms with Gasteiger partial charge in [-0.25, -0.2) is 14.4 Å². The predicted molar refractivity (Wildman–Crippen MR) is 185 cm³/mol. The molecule has 1 aliphatic heterocycles. The van der Waals surface area contributed by atoms with Gasteiger partial charge in [0, 0.05) is 62.4 Å². The molecule has 7 N–H and O–H groups in total. The van der Waals surface area contributed by atoms with Crippen molar-refractivity contribution in [2.45, 2.75) is 92.0 Å². The van der Waals surface area contributed by atoms with Crippen molar-refractivity contribution in [2.75, 3.05) is 62.4 Å². The van der Waals surface area contributed by atoms with Crippen molar-refractivity contribution in [1.29, 1.82) is 0 Å². The zero-order valence-corrected chi connectivity index (χ0v) is 30.9. The first kappa shape index (κ1) is 46.7. The monoisotopic (exact) mass is 694 g/mol. The van der Waals surface area contributed by atoms with Crippen LogP contribution in [0.1, 0.15) is 75.2 Å². The molecule has 0 saturated carbocycles. The number of ether oxygens (including phenoxy) is 5. The van der Waals surface area contributed by atoms with E-state index in [0.717, 1.165) is 49.3 Å². The fourth-order valence-corrected chi connectivity index (χ4v) is 5.48. The zero-order valence-electron chi connectivity index (χ0n) is 27.6. The summed E-state index contributed by atoms with van der Waals surface area (Å²) in [6.45, 7) is 20.4. The summed E-state index contributed by atoms with van der Waals surface area (Å²) < 4.78 is 23.8. The van der Waals surface area contributed by atoms with E-state index in [0.29, 0.717) is 13.1 Å². The van der Waals surface area contributed by atoms with Gasteiger partial charge in [0.2, 0.25) is 0 Å². The lowest BCUT2D eigenvalue weighted by molar-refractivity contribution is -0.0294. The largest absolute Gasteiger partial charge is 0.519 e. The van der Waals surface area contributed by atoms with Gasteiger partial charge >= 0.3 is 18.4 Å². The topological polar surface area (TPSA) is 187 Å². The number of rotatable bonds is 11. The molecule has 16 heteroatoms. The third-order valence-electron chi connectivity index (χ3n) is 3.40. The van der Waals surface area contributed by atoms with Crippen LogP contribution in [0.2, 0.25) is 0 Å². The number of nitrogens with one attached hydrogen (secondary N) is 1. The average Bonchev–Trinajstić information content (AvgIpc) is 3.42. The van der Waals surface area contributed by atoms with Gasteiger partial charge in [0.25, 0.3) is 0 Å². The molecule has 0 spiro atoms. The van der Waals surface area contributed by atoms with E-state index < -0.39 is 29.1 Å². The zero-order chi connectivity index (χ0) is 33.8. The molecule has 0 aliphatic carbocycles. The lowest BCUT2D eigenvalue weighted by Crippen LogP contribution is -2.33. The third kappa shape index (κ3) is 48.4. The van der Waals surface area contributed by atoms with Gasteiger partial charge in [0.05, 0.1) is 0 Å². The van der Waals surface area contributed by atoms with Crippen molar-refractivity contribution < 1.29 is 38.1 Å². The van der Waals surface area contributed by atoms with Crippen molar-refractivity contribution in [3.8, 4) is 0 Å². The van der Waals surface area contributed by atoms with Crippen LogP contribution in [0, 0.1) is 0 Å². The average molecular weight is 695 g/mol. The Balaban J connectivity index is -0.000000533. The number of hydrogen-bond donors (Lipinski definition) is 4. The van der Waals surface area contributed by atoms with E-state index in [1.165, 1.54) is 12.8 Å². The molecule has 1 saturated heterocycles. The lowest BCUT2D eigenvalue weighted by atomic mass is 10.2. The van der Waals surface area contributed by atoms with E-state index in [9.17, 15) is 14.4 Å². The van der Waals surface area contributed by atoms with Crippen molar-refractivity contribution in [2.24, 2.45) is 17.2 Å². The summed E-state index contributed by atoms with van der Waals surface area (Å²) in [5, 5.41) is 2.69. The van der Waals surface area contributed by atoms with Crippen LogP contribution in [-0.2, 0) is 23.7 Å². The molecule has 0 radical (unpaired) electrons. The Bertz CT molecular complexity index is 660. The smallest absolute Gasteiger partial charge is 0.444 e. The van der Waals surface area contributed by atoms with Gasteiger partial charge in [-0.1, -0.05) is 43.2 Å². The first-order chi connectivity index (χ1) is 19.9. The Morgan fingerprint density at radius 1 is 0.628 bits per heavy atom. The summed E-state index contributed by atoms with van der Waals surface area (Å²) in [6, 6.07) is 0. The first-order valence-corrected chi connectivity index (χ1v) is 19.1. The van der Waals surface area contributed by atoms with Crippen LogP contribution >= 0.6 is 43.2 Å². The van der Waals surface area contributed by atoms with Crippen LogP contribution < -0.4 is 22.5 Å². The van der Waals surface area contributed by atoms with Gasteiger partial charge in [-0.2, -0.15) is 0 Å². The molecule has 258 valence electrons. The van der Waals surface area contributed by atoms with E-state index in [2.05, 4.69) is 10.1 Å². The number of carbonyl (C=O) groups excluding carboxylic acids is 3. The summed E-state index contributed by atoms with van der Waals surface area (Å²) in [5.74, 6) is 3.87. The summed E-state index contributed by atoms with van der Waals surface area (Å²) in [6.07, 6.45) is 0.0837. The second-order valence-corrected chi connectivity index (χ2v) is 16.8. The van der Waals surface area contributed by atoms with E-state index in [1.807, 2.05) is 20.8 Å². The molecule has 1 heterocycles. The van der Waals surface area contributed by atoms with Gasteiger partial charge in [-0.15, -0.1) is 0 Å². The van der Waals surface area contributed by atoms with Crippen LogP contribution in [0.15, 0.2) is 0 Å². The number of amides is 1. The minimum Gasteiger partial charge on any atom is -0.444 e. The van der Waals surface area contributed by atoms with Gasteiger partial charge in [0.1, 0.15) is 16.8 Å². The summed E-state index contributed by atoms with van der Waals surface area (Å²) in [5.41, 5.74) is 14.0. The Kier molecular flexibility index (Phi) is 31.2. The Hall–Kier alpha value is -0.750. The number of nitrogens with two attached hydrogens (primary N) is 3. The SMILES string of the molecule is C1CCOC1.CC(C)(C)OC(=O)NCCSSCCN.CC(C)(C)OC(=O)OC(=O)OC(C)(C)C.NCCSSCCN. The lowest BCUT2D eigenvalue weighted by Gasteiger charge is -2.20. The summed E-state index contributed by atoms with van der Waals surface area (Å²) in [7, 11) is 7.00. The Labute approximate surface area is 275 Å². The predicted octanol–water partition coefficient (Wildman–Crippen LogP) is 5.81. The van der Waals surface area contributed by atoms with Crippen LogP contribution in [0.3, 0.4) is 0 Å². The summed E-state index contributed by atoms with van der Waals surface area (Å²) >= 11 is 0. The van der Waals surface area contributed by atoms with E-state index in [-0.39, 0.29) is 6.09 Å². The van der Waals surface area contributed by atoms with Crippen molar-refractivity contribution in [3.63, 3.8) is 0 Å². The van der Waals surface area contributed by atoms with Crippen LogP contribution in [0.5, 0.6) is 0 Å². The van der Waals surface area contributed by atoms with E-state index >= 15 is 0 Å². The van der Waals surface area contributed by atoms with Crippen LogP contribution in [-0.4, -0.2) is 97.6 Å². The highest BCUT2D eigenvalue weighted by molar-refractivity contribution is 8.77. The summed E-state index contributed by atoms with van der Waals surface area (Å²) in [4.78, 5) is 33.2. The van der Waals surface area contributed by atoms with Crippen molar-refractivity contribution in [1.82, 2.24) is 5.32 Å². The molecule has 0 aromatic carbocycles. The van der Waals surface area contributed by atoms with E-state index in [4.69, 9.17) is 36.1 Å². The van der Waals surface area contributed by atoms with Gasteiger partial charge in [-0.05, 0) is 75.2 Å². The molecule has 1 amide bonds. The fraction of sp³-hybridized carbons (Fsp3) is 0.889. The molecule has 1 fully saturated rings. The highest BCUT2D eigenvalue weighted by atomic mass is 33.1. The van der Waals surface area contributed by atoms with Crippen LogP contribution in [0.4, 0.5) is 14.4 Å². The molecule has 0 bridgehead atoms.